The molecule has 5 nitrogen and oxygen atoms in total. The van der Waals surface area contributed by atoms with Gasteiger partial charge in [0.25, 0.3) is 5.91 Å². The maximum Gasteiger partial charge on any atom is 0.252 e. The number of benzene rings is 2. The highest BCUT2D eigenvalue weighted by Crippen LogP contribution is 2.17. The van der Waals surface area contributed by atoms with Gasteiger partial charge in [0.15, 0.2) is 0 Å². The highest BCUT2D eigenvalue weighted by Gasteiger charge is 2.11. The van der Waals surface area contributed by atoms with E-state index in [4.69, 9.17) is 16.7 Å². The Morgan fingerprint density at radius 3 is 2.39 bits per heavy atom. The van der Waals surface area contributed by atoms with Crippen molar-refractivity contribution in [1.82, 2.24) is 5.32 Å². The van der Waals surface area contributed by atoms with Gasteiger partial charge in [-0.05, 0) is 42.3 Å². The van der Waals surface area contributed by atoms with Crippen LogP contribution in [0.5, 0.6) is 0 Å². The molecule has 1 amide bonds. The Kier molecular flexibility index (Phi) is 5.35. The summed E-state index contributed by atoms with van der Waals surface area (Å²) in [5.74, 6) is -0.919. The zero-order valence-corrected chi connectivity index (χ0v) is 13.5. The van der Waals surface area contributed by atoms with Crippen molar-refractivity contribution in [3.8, 4) is 0 Å². The van der Waals surface area contributed by atoms with E-state index in [0.29, 0.717) is 13.0 Å². The lowest BCUT2D eigenvalue weighted by atomic mass is 10.1. The summed E-state index contributed by atoms with van der Waals surface area (Å²) in [4.78, 5) is 12.0. The number of carbonyl (C=O) groups excluding carboxylic acids is 1. The highest BCUT2D eigenvalue weighted by molar-refractivity contribution is 7.89. The van der Waals surface area contributed by atoms with Gasteiger partial charge < -0.3 is 5.32 Å². The van der Waals surface area contributed by atoms with E-state index >= 15 is 0 Å². The first-order valence-corrected chi connectivity index (χ1v) is 8.55. The average molecular weight is 357 g/mol. The Labute approximate surface area is 138 Å². The van der Waals surface area contributed by atoms with Crippen LogP contribution in [0.1, 0.15) is 15.9 Å². The fourth-order valence-corrected chi connectivity index (χ4v) is 2.70. The van der Waals surface area contributed by atoms with Crippen LogP contribution in [-0.4, -0.2) is 20.9 Å². The molecule has 0 saturated carbocycles. The molecule has 0 saturated heterocycles. The topological polar surface area (TPSA) is 89.3 Å². The first-order chi connectivity index (χ1) is 10.8. The van der Waals surface area contributed by atoms with Gasteiger partial charge in [-0.15, -0.1) is 0 Å². The van der Waals surface area contributed by atoms with Crippen LogP contribution >= 0.6 is 11.6 Å². The van der Waals surface area contributed by atoms with Crippen molar-refractivity contribution in [2.45, 2.75) is 11.3 Å². The van der Waals surface area contributed by atoms with Crippen LogP contribution < -0.4 is 10.5 Å². The molecule has 8 heteroatoms. The Bertz CT molecular complexity index is 823. The van der Waals surface area contributed by atoms with E-state index < -0.39 is 21.7 Å². The first kappa shape index (κ1) is 17.4. The minimum atomic E-state index is -3.71. The van der Waals surface area contributed by atoms with E-state index in [-0.39, 0.29) is 15.5 Å². The molecule has 122 valence electrons. The van der Waals surface area contributed by atoms with Crippen LogP contribution in [0.4, 0.5) is 4.39 Å². The van der Waals surface area contributed by atoms with E-state index in [1.807, 2.05) is 0 Å². The van der Waals surface area contributed by atoms with Gasteiger partial charge in [-0.1, -0.05) is 23.7 Å². The molecule has 0 fully saturated rings. The third-order valence-corrected chi connectivity index (χ3v) is 4.37. The maximum atomic E-state index is 12.9. The summed E-state index contributed by atoms with van der Waals surface area (Å²) in [6.45, 7) is 0.321. The summed E-state index contributed by atoms with van der Waals surface area (Å²) in [5.41, 5.74) is 1.03. The zero-order chi connectivity index (χ0) is 17.0. The van der Waals surface area contributed by atoms with Crippen LogP contribution in [0.2, 0.25) is 5.02 Å². The van der Waals surface area contributed by atoms with Gasteiger partial charge in [0.2, 0.25) is 10.0 Å². The summed E-state index contributed by atoms with van der Waals surface area (Å²) in [6, 6.07) is 9.60. The van der Waals surface area contributed by atoms with Crippen molar-refractivity contribution in [3.05, 3.63) is 64.4 Å². The SMILES string of the molecule is NS(=O)(=O)c1ccc(CCNC(=O)c2ccc(F)cc2Cl)cc1. The standard InChI is InChI=1S/C15H14ClFN2O3S/c16-14-9-11(17)3-6-13(14)15(20)19-8-7-10-1-4-12(5-2-10)23(18,21)22/h1-6,9H,7-8H2,(H,19,20)(H2,18,21,22). The quantitative estimate of drug-likeness (QED) is 0.859. The van der Waals surface area contributed by atoms with E-state index in [1.165, 1.54) is 18.2 Å². The lowest BCUT2D eigenvalue weighted by Crippen LogP contribution is -2.26. The predicted molar refractivity (Wildman–Crippen MR) is 85.3 cm³/mol. The summed E-state index contributed by atoms with van der Waals surface area (Å²) >= 11 is 5.81. The lowest BCUT2D eigenvalue weighted by molar-refractivity contribution is 0.0954. The number of nitrogens with two attached hydrogens (primary N) is 1. The monoisotopic (exact) mass is 356 g/mol. The summed E-state index contributed by atoms with van der Waals surface area (Å²) in [6.07, 6.45) is 0.495. The molecule has 0 atom stereocenters. The minimum absolute atomic E-state index is 0.0309. The molecule has 0 unspecified atom stereocenters. The fraction of sp³-hybridized carbons (Fsp3) is 0.133. The Hall–Kier alpha value is -1.96. The molecule has 0 aliphatic rings. The molecular weight excluding hydrogens is 343 g/mol. The second-order valence-corrected chi connectivity index (χ2v) is 6.79. The number of amides is 1. The fourth-order valence-electron chi connectivity index (χ4n) is 1.94. The number of rotatable bonds is 5. The van der Waals surface area contributed by atoms with Crippen molar-refractivity contribution in [1.29, 1.82) is 0 Å². The van der Waals surface area contributed by atoms with Crippen LogP contribution in [0.3, 0.4) is 0 Å². The van der Waals surface area contributed by atoms with Crippen molar-refractivity contribution in [2.75, 3.05) is 6.54 Å². The molecule has 0 aliphatic heterocycles. The molecule has 23 heavy (non-hydrogen) atoms. The smallest absolute Gasteiger partial charge is 0.252 e. The number of halogens is 2. The van der Waals surface area contributed by atoms with Crippen LogP contribution in [0, 0.1) is 5.82 Å². The number of primary sulfonamides is 1. The molecule has 0 aliphatic carbocycles. The zero-order valence-electron chi connectivity index (χ0n) is 11.9. The largest absolute Gasteiger partial charge is 0.352 e. The molecule has 2 aromatic rings. The van der Waals surface area contributed by atoms with Crippen molar-refractivity contribution < 1.29 is 17.6 Å². The molecule has 0 spiro atoms. The first-order valence-electron chi connectivity index (χ1n) is 6.62. The Morgan fingerprint density at radius 1 is 1.17 bits per heavy atom. The molecular formula is C15H14ClFN2O3S. The number of carbonyl (C=O) groups is 1. The van der Waals surface area contributed by atoms with Gasteiger partial charge >= 0.3 is 0 Å². The van der Waals surface area contributed by atoms with Crippen LogP contribution in [-0.2, 0) is 16.4 Å². The van der Waals surface area contributed by atoms with Gasteiger partial charge in [0, 0.05) is 6.54 Å². The molecule has 0 bridgehead atoms. The van der Waals surface area contributed by atoms with Crippen molar-refractivity contribution in [2.24, 2.45) is 5.14 Å². The van der Waals surface area contributed by atoms with Gasteiger partial charge in [-0.25, -0.2) is 17.9 Å². The van der Waals surface area contributed by atoms with Gasteiger partial charge in [0.05, 0.1) is 15.5 Å². The number of sulfonamides is 1. The van der Waals surface area contributed by atoms with Gasteiger partial charge in [-0.3, -0.25) is 4.79 Å². The minimum Gasteiger partial charge on any atom is -0.352 e. The lowest BCUT2D eigenvalue weighted by Gasteiger charge is -2.07. The summed E-state index contributed by atoms with van der Waals surface area (Å²) in [5, 5.41) is 7.72. The second-order valence-electron chi connectivity index (χ2n) is 4.82. The summed E-state index contributed by atoms with van der Waals surface area (Å²) in [7, 11) is -3.71. The molecule has 2 aromatic carbocycles. The molecule has 2 rings (SSSR count). The normalized spacial score (nSPS) is 11.3. The van der Waals surface area contributed by atoms with Crippen molar-refractivity contribution >= 4 is 27.5 Å². The molecule has 3 N–H and O–H groups in total. The molecule has 0 aromatic heterocycles. The maximum absolute atomic E-state index is 12.9. The molecule has 0 radical (unpaired) electrons. The second kappa shape index (κ2) is 7.08. The third kappa shape index (κ3) is 4.75. The van der Waals surface area contributed by atoms with Crippen LogP contribution in [0.25, 0.3) is 0 Å². The van der Waals surface area contributed by atoms with Crippen molar-refractivity contribution in [3.63, 3.8) is 0 Å². The Morgan fingerprint density at radius 2 is 1.83 bits per heavy atom. The summed E-state index contributed by atoms with van der Waals surface area (Å²) < 4.78 is 35.2. The predicted octanol–water partition coefficient (Wildman–Crippen LogP) is 2.10. The third-order valence-electron chi connectivity index (χ3n) is 3.13. The van der Waals surface area contributed by atoms with Gasteiger partial charge in [0.1, 0.15) is 5.82 Å². The number of nitrogens with one attached hydrogen (secondary N) is 1. The highest BCUT2D eigenvalue weighted by atomic mass is 35.5. The molecule has 0 heterocycles. The van der Waals surface area contributed by atoms with Gasteiger partial charge in [-0.2, -0.15) is 0 Å². The number of hydrogen-bond acceptors (Lipinski definition) is 3. The average Bonchev–Trinajstić information content (AvgIpc) is 2.46. The van der Waals surface area contributed by atoms with E-state index in [2.05, 4.69) is 5.32 Å². The van der Waals surface area contributed by atoms with E-state index in [0.717, 1.165) is 17.7 Å². The Balaban J connectivity index is 1.93. The van der Waals surface area contributed by atoms with E-state index in [1.54, 1.807) is 12.1 Å². The van der Waals surface area contributed by atoms with E-state index in [9.17, 15) is 17.6 Å². The number of hydrogen-bond donors (Lipinski definition) is 2. The van der Waals surface area contributed by atoms with Crippen LogP contribution in [0.15, 0.2) is 47.4 Å².